The summed E-state index contributed by atoms with van der Waals surface area (Å²) < 4.78 is 4.94. The molecule has 1 heterocycles. The Labute approximate surface area is 55.2 Å². The van der Waals surface area contributed by atoms with Gasteiger partial charge >= 0.3 is 0 Å². The molecule has 50 valence electrons. The highest BCUT2D eigenvalue weighted by molar-refractivity contribution is 5.88. The molecule has 1 rings (SSSR count). The average Bonchev–Trinajstić information content (AvgIpc) is 1.88. The first-order chi connectivity index (χ1) is 4.33. The molecule has 0 amide bonds. The number of ether oxygens (including phenoxy) is 1. The van der Waals surface area contributed by atoms with Gasteiger partial charge in [0.05, 0.1) is 7.11 Å². The smallest absolute Gasteiger partial charge is 0.208 e. The number of aliphatic imine (C=N–C) groups is 1. The van der Waals surface area contributed by atoms with Gasteiger partial charge in [0.1, 0.15) is 0 Å². The molecular weight excluding hydrogens is 114 g/mol. The Kier molecular flexibility index (Phi) is 1.88. The second-order valence-corrected chi connectivity index (χ2v) is 2.16. The number of hydrogen-bond donors (Lipinski definition) is 0. The highest BCUT2D eigenvalue weighted by atomic mass is 16.5. The van der Waals surface area contributed by atoms with Crippen LogP contribution in [0.3, 0.4) is 0 Å². The molecule has 0 aromatic carbocycles. The van der Waals surface area contributed by atoms with Crippen LogP contribution in [0, 0.1) is 0 Å². The third-order valence-corrected chi connectivity index (χ3v) is 1.35. The Hall–Kier alpha value is -0.790. The summed E-state index contributed by atoms with van der Waals surface area (Å²) in [6.07, 6.45) is 3.05. The fraction of sp³-hybridized carbons (Fsp3) is 0.571. The topological polar surface area (TPSA) is 21.6 Å². The van der Waals surface area contributed by atoms with E-state index in [0.717, 1.165) is 18.9 Å². The highest BCUT2D eigenvalue weighted by Crippen LogP contribution is 2.06. The normalized spacial score (nSPS) is 18.4. The molecule has 0 saturated carbocycles. The van der Waals surface area contributed by atoms with Gasteiger partial charge in [-0.2, -0.15) is 0 Å². The van der Waals surface area contributed by atoms with Gasteiger partial charge in [-0.05, 0) is 19.4 Å². The predicted molar refractivity (Wildman–Crippen MR) is 37.7 cm³/mol. The second kappa shape index (κ2) is 2.67. The first-order valence-electron chi connectivity index (χ1n) is 3.08. The van der Waals surface area contributed by atoms with Crippen molar-refractivity contribution in [3.05, 3.63) is 11.6 Å². The maximum absolute atomic E-state index is 4.94. The monoisotopic (exact) mass is 125 g/mol. The molecule has 0 atom stereocenters. The van der Waals surface area contributed by atoms with Gasteiger partial charge in [-0.25, -0.2) is 0 Å². The van der Waals surface area contributed by atoms with E-state index >= 15 is 0 Å². The van der Waals surface area contributed by atoms with E-state index in [1.54, 1.807) is 7.11 Å². The molecule has 9 heavy (non-hydrogen) atoms. The molecule has 0 aromatic heterocycles. The van der Waals surface area contributed by atoms with Crippen molar-refractivity contribution in [1.82, 2.24) is 0 Å². The van der Waals surface area contributed by atoms with Crippen LogP contribution in [-0.2, 0) is 4.74 Å². The molecule has 2 heteroatoms. The summed E-state index contributed by atoms with van der Waals surface area (Å²) in [5, 5.41) is 0. The Bertz CT molecular complexity index is 158. The molecule has 0 unspecified atom stereocenters. The summed E-state index contributed by atoms with van der Waals surface area (Å²) in [6.45, 7) is 2.97. The molecule has 0 N–H and O–H groups in total. The van der Waals surface area contributed by atoms with Gasteiger partial charge in [-0.1, -0.05) is 5.57 Å². The third-order valence-electron chi connectivity index (χ3n) is 1.35. The van der Waals surface area contributed by atoms with Crippen LogP contribution in [0.5, 0.6) is 0 Å². The van der Waals surface area contributed by atoms with E-state index in [4.69, 9.17) is 4.74 Å². The van der Waals surface area contributed by atoms with Gasteiger partial charge in [-0.3, -0.25) is 4.99 Å². The predicted octanol–water partition coefficient (Wildman–Crippen LogP) is 1.38. The summed E-state index contributed by atoms with van der Waals surface area (Å²) in [5.74, 6) is 0.763. The summed E-state index contributed by atoms with van der Waals surface area (Å²) in [7, 11) is 1.65. The number of hydrogen-bond acceptors (Lipinski definition) is 2. The third kappa shape index (κ3) is 1.56. The summed E-state index contributed by atoms with van der Waals surface area (Å²) in [4.78, 5) is 4.12. The number of dihydropyridines is 1. The van der Waals surface area contributed by atoms with Crippen LogP contribution in [-0.4, -0.2) is 19.6 Å². The highest BCUT2D eigenvalue weighted by Gasteiger charge is 2.00. The minimum Gasteiger partial charge on any atom is -0.481 e. The Balaban J connectivity index is 2.63. The van der Waals surface area contributed by atoms with Gasteiger partial charge in [0.2, 0.25) is 5.90 Å². The minimum atomic E-state index is 0.763. The van der Waals surface area contributed by atoms with E-state index < -0.39 is 0 Å². The summed E-state index contributed by atoms with van der Waals surface area (Å²) in [6, 6.07) is 0. The molecule has 0 spiro atoms. The number of nitrogens with zero attached hydrogens (tertiary/aromatic N) is 1. The fourth-order valence-corrected chi connectivity index (χ4v) is 0.795. The molecule has 0 radical (unpaired) electrons. The van der Waals surface area contributed by atoms with Crippen LogP contribution in [0.1, 0.15) is 13.3 Å². The van der Waals surface area contributed by atoms with Crippen molar-refractivity contribution in [3.8, 4) is 0 Å². The lowest BCUT2D eigenvalue weighted by molar-refractivity contribution is 0.402. The van der Waals surface area contributed by atoms with E-state index in [-0.39, 0.29) is 0 Å². The standard InChI is InChI=1S/C7H11NO/c1-6-3-4-8-7(5-6)9-2/h5H,3-4H2,1-2H3. The summed E-state index contributed by atoms with van der Waals surface area (Å²) >= 11 is 0. The molecule has 0 bridgehead atoms. The van der Waals surface area contributed by atoms with Crippen LogP contribution >= 0.6 is 0 Å². The molecular formula is C7H11NO. The minimum absolute atomic E-state index is 0.763. The van der Waals surface area contributed by atoms with E-state index in [9.17, 15) is 0 Å². The zero-order valence-corrected chi connectivity index (χ0v) is 5.85. The van der Waals surface area contributed by atoms with Gasteiger partial charge in [0, 0.05) is 6.54 Å². The van der Waals surface area contributed by atoms with Crippen LogP contribution in [0.4, 0.5) is 0 Å². The molecule has 1 aliphatic rings. The van der Waals surface area contributed by atoms with Gasteiger partial charge < -0.3 is 4.74 Å². The van der Waals surface area contributed by atoms with Crippen molar-refractivity contribution in [2.45, 2.75) is 13.3 Å². The van der Waals surface area contributed by atoms with E-state index in [1.807, 2.05) is 6.08 Å². The lowest BCUT2D eigenvalue weighted by atomic mass is 10.2. The zero-order valence-electron chi connectivity index (χ0n) is 5.85. The van der Waals surface area contributed by atoms with Crippen molar-refractivity contribution in [1.29, 1.82) is 0 Å². The molecule has 0 saturated heterocycles. The van der Waals surface area contributed by atoms with Gasteiger partial charge in [0.25, 0.3) is 0 Å². The first kappa shape index (κ1) is 6.33. The Morgan fingerprint density at radius 1 is 1.67 bits per heavy atom. The number of methoxy groups -OCH3 is 1. The van der Waals surface area contributed by atoms with Crippen molar-refractivity contribution in [2.75, 3.05) is 13.7 Å². The van der Waals surface area contributed by atoms with Crippen molar-refractivity contribution in [3.63, 3.8) is 0 Å². The zero-order chi connectivity index (χ0) is 6.69. The van der Waals surface area contributed by atoms with Crippen molar-refractivity contribution >= 4 is 5.90 Å². The quantitative estimate of drug-likeness (QED) is 0.479. The van der Waals surface area contributed by atoms with Gasteiger partial charge in [-0.15, -0.1) is 0 Å². The van der Waals surface area contributed by atoms with Gasteiger partial charge in [0.15, 0.2) is 0 Å². The molecule has 0 aromatic rings. The Morgan fingerprint density at radius 3 is 2.89 bits per heavy atom. The SMILES string of the molecule is COC1=NCCC(C)=C1. The second-order valence-electron chi connectivity index (χ2n) is 2.16. The Morgan fingerprint density at radius 2 is 2.44 bits per heavy atom. The van der Waals surface area contributed by atoms with Crippen LogP contribution in [0.2, 0.25) is 0 Å². The lowest BCUT2D eigenvalue weighted by Gasteiger charge is -2.07. The van der Waals surface area contributed by atoms with E-state index in [0.29, 0.717) is 0 Å². The lowest BCUT2D eigenvalue weighted by Crippen LogP contribution is -2.04. The molecule has 1 aliphatic heterocycles. The summed E-state index contributed by atoms with van der Waals surface area (Å²) in [5.41, 5.74) is 1.35. The van der Waals surface area contributed by atoms with Crippen molar-refractivity contribution < 1.29 is 4.74 Å². The maximum atomic E-state index is 4.94. The molecule has 2 nitrogen and oxygen atoms in total. The van der Waals surface area contributed by atoms with Crippen molar-refractivity contribution in [2.24, 2.45) is 4.99 Å². The fourth-order valence-electron chi connectivity index (χ4n) is 0.795. The average molecular weight is 125 g/mol. The number of rotatable bonds is 0. The van der Waals surface area contributed by atoms with Crippen LogP contribution in [0.25, 0.3) is 0 Å². The largest absolute Gasteiger partial charge is 0.481 e. The maximum Gasteiger partial charge on any atom is 0.208 e. The molecule has 0 fully saturated rings. The van der Waals surface area contributed by atoms with E-state index in [2.05, 4.69) is 11.9 Å². The van der Waals surface area contributed by atoms with Crippen LogP contribution < -0.4 is 0 Å². The molecule has 0 aliphatic carbocycles. The van der Waals surface area contributed by atoms with E-state index in [1.165, 1.54) is 5.57 Å². The first-order valence-corrected chi connectivity index (χ1v) is 3.08. The van der Waals surface area contributed by atoms with Crippen LogP contribution in [0.15, 0.2) is 16.6 Å².